The minimum atomic E-state index is -0.00506. The first-order valence-corrected chi connectivity index (χ1v) is 9.47. The average Bonchev–Trinajstić information content (AvgIpc) is 2.67. The standard InChI is InChI=1S/C22H23NOS/c23-20(15-18-7-3-1-4-8-18)16-24-21-11-13-22(14-12-21)25-17-19-9-5-2-6-10-19/h1-14,20H,15-17,23H2/t20-/m0/s1. The van der Waals surface area contributed by atoms with Crippen LogP contribution in [0.25, 0.3) is 0 Å². The Balaban J connectivity index is 1.44. The van der Waals surface area contributed by atoms with Crippen molar-refractivity contribution in [2.24, 2.45) is 5.73 Å². The molecule has 0 aliphatic heterocycles. The van der Waals surface area contributed by atoms with E-state index in [2.05, 4.69) is 48.5 Å². The largest absolute Gasteiger partial charge is 0.492 e. The smallest absolute Gasteiger partial charge is 0.119 e. The van der Waals surface area contributed by atoms with Gasteiger partial charge < -0.3 is 10.5 Å². The summed E-state index contributed by atoms with van der Waals surface area (Å²) in [7, 11) is 0. The third-order valence-electron chi connectivity index (χ3n) is 3.88. The fourth-order valence-corrected chi connectivity index (χ4v) is 3.41. The molecule has 0 aromatic heterocycles. The second-order valence-electron chi connectivity index (χ2n) is 6.01. The molecule has 2 N–H and O–H groups in total. The molecule has 1 atom stereocenters. The highest BCUT2D eigenvalue weighted by Gasteiger charge is 2.05. The van der Waals surface area contributed by atoms with Gasteiger partial charge in [0.25, 0.3) is 0 Å². The van der Waals surface area contributed by atoms with Gasteiger partial charge in [-0.25, -0.2) is 0 Å². The quantitative estimate of drug-likeness (QED) is 0.586. The summed E-state index contributed by atoms with van der Waals surface area (Å²) in [6.07, 6.45) is 0.825. The number of rotatable bonds is 8. The summed E-state index contributed by atoms with van der Waals surface area (Å²) in [4.78, 5) is 1.24. The van der Waals surface area contributed by atoms with Crippen molar-refractivity contribution in [3.8, 4) is 5.75 Å². The lowest BCUT2D eigenvalue weighted by Crippen LogP contribution is -2.30. The third-order valence-corrected chi connectivity index (χ3v) is 4.96. The molecule has 0 fully saturated rings. The van der Waals surface area contributed by atoms with Gasteiger partial charge in [-0.2, -0.15) is 0 Å². The lowest BCUT2D eigenvalue weighted by Gasteiger charge is -2.13. The second kappa shape index (κ2) is 9.30. The fourth-order valence-electron chi connectivity index (χ4n) is 2.55. The number of thioether (sulfide) groups is 1. The summed E-state index contributed by atoms with van der Waals surface area (Å²) >= 11 is 1.83. The zero-order valence-corrected chi connectivity index (χ0v) is 15.0. The van der Waals surface area contributed by atoms with Crippen LogP contribution in [0, 0.1) is 0 Å². The van der Waals surface area contributed by atoms with E-state index in [1.54, 1.807) is 0 Å². The Bertz CT molecular complexity index is 744. The zero-order valence-electron chi connectivity index (χ0n) is 14.2. The molecule has 25 heavy (non-hydrogen) atoms. The Morgan fingerprint density at radius 3 is 2.00 bits per heavy atom. The van der Waals surface area contributed by atoms with Gasteiger partial charge in [-0.15, -0.1) is 11.8 Å². The normalized spacial score (nSPS) is 11.9. The summed E-state index contributed by atoms with van der Waals surface area (Å²) in [6, 6.07) is 29.0. The fraction of sp³-hybridized carbons (Fsp3) is 0.182. The highest BCUT2D eigenvalue weighted by atomic mass is 32.2. The van der Waals surface area contributed by atoms with E-state index in [4.69, 9.17) is 10.5 Å². The number of nitrogens with two attached hydrogens (primary N) is 1. The van der Waals surface area contributed by atoms with Crippen molar-refractivity contribution in [2.45, 2.75) is 23.1 Å². The van der Waals surface area contributed by atoms with E-state index in [1.165, 1.54) is 16.0 Å². The highest BCUT2D eigenvalue weighted by Crippen LogP contribution is 2.24. The van der Waals surface area contributed by atoms with Crippen LogP contribution in [-0.2, 0) is 12.2 Å². The number of hydrogen-bond donors (Lipinski definition) is 1. The van der Waals surface area contributed by atoms with E-state index in [0.29, 0.717) is 6.61 Å². The van der Waals surface area contributed by atoms with E-state index in [0.717, 1.165) is 17.9 Å². The van der Waals surface area contributed by atoms with Gasteiger partial charge in [0.1, 0.15) is 12.4 Å². The first kappa shape index (κ1) is 17.6. The maximum atomic E-state index is 6.17. The monoisotopic (exact) mass is 349 g/mol. The second-order valence-corrected chi connectivity index (χ2v) is 7.06. The number of benzene rings is 3. The van der Waals surface area contributed by atoms with Crippen LogP contribution in [0.1, 0.15) is 11.1 Å². The van der Waals surface area contributed by atoms with Crippen LogP contribution in [-0.4, -0.2) is 12.6 Å². The predicted molar refractivity (Wildman–Crippen MR) is 106 cm³/mol. The summed E-state index contributed by atoms with van der Waals surface area (Å²) in [6.45, 7) is 0.519. The molecule has 0 amide bonds. The van der Waals surface area contributed by atoms with Crippen molar-refractivity contribution < 1.29 is 4.74 Å². The molecule has 3 aromatic rings. The maximum Gasteiger partial charge on any atom is 0.119 e. The maximum absolute atomic E-state index is 6.17. The van der Waals surface area contributed by atoms with Gasteiger partial charge in [0.2, 0.25) is 0 Å². The summed E-state index contributed by atoms with van der Waals surface area (Å²) < 4.78 is 5.82. The molecule has 0 radical (unpaired) electrons. The molecule has 0 saturated heterocycles. The van der Waals surface area contributed by atoms with E-state index in [-0.39, 0.29) is 6.04 Å². The van der Waals surface area contributed by atoms with Gasteiger partial charge in [0.15, 0.2) is 0 Å². The lowest BCUT2D eigenvalue weighted by molar-refractivity contribution is 0.287. The minimum Gasteiger partial charge on any atom is -0.492 e. The van der Waals surface area contributed by atoms with Gasteiger partial charge in [-0.05, 0) is 41.8 Å². The van der Waals surface area contributed by atoms with Crippen molar-refractivity contribution in [1.29, 1.82) is 0 Å². The summed E-state index contributed by atoms with van der Waals surface area (Å²) in [5, 5.41) is 0. The van der Waals surface area contributed by atoms with Gasteiger partial charge >= 0.3 is 0 Å². The van der Waals surface area contributed by atoms with Crippen LogP contribution in [0.15, 0.2) is 89.8 Å². The van der Waals surface area contributed by atoms with Crippen molar-refractivity contribution >= 4 is 11.8 Å². The Morgan fingerprint density at radius 1 is 0.760 bits per heavy atom. The van der Waals surface area contributed by atoms with Crippen LogP contribution in [0.4, 0.5) is 0 Å². The Labute approximate surface area is 154 Å². The first-order chi connectivity index (χ1) is 12.3. The Hall–Kier alpha value is -2.23. The van der Waals surface area contributed by atoms with Crippen molar-refractivity contribution in [3.05, 3.63) is 96.1 Å². The lowest BCUT2D eigenvalue weighted by atomic mass is 10.1. The molecule has 0 saturated carbocycles. The highest BCUT2D eigenvalue weighted by molar-refractivity contribution is 7.98. The summed E-state index contributed by atoms with van der Waals surface area (Å²) in [5.74, 6) is 1.84. The molecule has 0 heterocycles. The van der Waals surface area contributed by atoms with Gasteiger partial charge in [-0.3, -0.25) is 0 Å². The van der Waals surface area contributed by atoms with Crippen molar-refractivity contribution in [1.82, 2.24) is 0 Å². The van der Waals surface area contributed by atoms with Crippen LogP contribution in [0.5, 0.6) is 5.75 Å². The van der Waals surface area contributed by atoms with E-state index >= 15 is 0 Å². The zero-order chi connectivity index (χ0) is 17.3. The Kier molecular flexibility index (Phi) is 6.55. The average molecular weight is 349 g/mol. The molecule has 2 nitrogen and oxygen atoms in total. The predicted octanol–water partition coefficient (Wildman–Crippen LogP) is 4.93. The van der Waals surface area contributed by atoms with Crippen LogP contribution in [0.2, 0.25) is 0 Å². The topological polar surface area (TPSA) is 35.2 Å². The van der Waals surface area contributed by atoms with Gasteiger partial charge in [0.05, 0.1) is 0 Å². The molecule has 3 aromatic carbocycles. The van der Waals surface area contributed by atoms with Crippen molar-refractivity contribution in [2.75, 3.05) is 6.61 Å². The molecule has 3 heteroatoms. The third kappa shape index (κ3) is 5.96. The number of hydrogen-bond acceptors (Lipinski definition) is 3. The van der Waals surface area contributed by atoms with Gasteiger partial charge in [-0.1, -0.05) is 60.7 Å². The summed E-state index contributed by atoms with van der Waals surface area (Å²) in [5.41, 5.74) is 8.74. The molecule has 0 aliphatic rings. The molecule has 0 aliphatic carbocycles. The van der Waals surface area contributed by atoms with E-state index in [1.807, 2.05) is 48.2 Å². The number of ether oxygens (including phenoxy) is 1. The minimum absolute atomic E-state index is 0.00506. The van der Waals surface area contributed by atoms with Crippen LogP contribution in [0.3, 0.4) is 0 Å². The van der Waals surface area contributed by atoms with E-state index < -0.39 is 0 Å². The van der Waals surface area contributed by atoms with Gasteiger partial charge in [0, 0.05) is 16.7 Å². The first-order valence-electron chi connectivity index (χ1n) is 8.49. The molecule has 0 bridgehead atoms. The molecule has 3 rings (SSSR count). The molecular formula is C22H23NOS. The van der Waals surface area contributed by atoms with Crippen LogP contribution < -0.4 is 10.5 Å². The molecular weight excluding hydrogens is 326 g/mol. The van der Waals surface area contributed by atoms with Crippen LogP contribution >= 0.6 is 11.8 Å². The molecule has 0 unspecified atom stereocenters. The molecule has 0 spiro atoms. The Morgan fingerprint density at radius 2 is 1.36 bits per heavy atom. The SMILES string of the molecule is N[C@H](COc1ccc(SCc2ccccc2)cc1)Cc1ccccc1. The van der Waals surface area contributed by atoms with E-state index in [9.17, 15) is 0 Å². The van der Waals surface area contributed by atoms with Crippen molar-refractivity contribution in [3.63, 3.8) is 0 Å². The molecule has 128 valence electrons.